The van der Waals surface area contributed by atoms with Crippen molar-refractivity contribution in [3.8, 4) is 5.69 Å². The van der Waals surface area contributed by atoms with Crippen LogP contribution in [0.5, 0.6) is 0 Å². The molecule has 0 radical (unpaired) electrons. The summed E-state index contributed by atoms with van der Waals surface area (Å²) in [5, 5.41) is 8.41. The van der Waals surface area contributed by atoms with E-state index in [1.54, 1.807) is 9.36 Å². The number of quaternary nitrogens is 1. The highest BCUT2D eigenvalue weighted by Crippen LogP contribution is 2.14. The molecule has 2 heterocycles. The van der Waals surface area contributed by atoms with Crippen LogP contribution in [0.3, 0.4) is 0 Å². The molecule has 1 aromatic heterocycles. The maximum Gasteiger partial charge on any atom is 0.225 e. The summed E-state index contributed by atoms with van der Waals surface area (Å²) in [6.07, 6.45) is 0. The second kappa shape index (κ2) is 7.35. The number of benzene rings is 2. The third kappa shape index (κ3) is 3.51. The van der Waals surface area contributed by atoms with Crippen molar-refractivity contribution in [2.24, 2.45) is 0 Å². The van der Waals surface area contributed by atoms with Crippen molar-refractivity contribution < 1.29 is 9.29 Å². The molecule has 1 saturated heterocycles. The summed E-state index contributed by atoms with van der Waals surface area (Å²) in [5.74, 6) is -0.200. The summed E-state index contributed by atoms with van der Waals surface area (Å²) in [5.41, 5.74) is 1.98. The van der Waals surface area contributed by atoms with Crippen LogP contribution in [0.25, 0.3) is 5.69 Å². The molecule has 0 bridgehead atoms. The Labute approximate surface area is 156 Å². The Morgan fingerprint density at radius 3 is 2.31 bits per heavy atom. The van der Waals surface area contributed by atoms with Crippen LogP contribution in [0.4, 0.5) is 10.1 Å². The molecule has 134 valence electrons. The molecule has 0 spiro atoms. The van der Waals surface area contributed by atoms with Gasteiger partial charge in [0.1, 0.15) is 5.82 Å². The zero-order valence-corrected chi connectivity index (χ0v) is 15.1. The number of hydrogen-bond acceptors (Lipinski definition) is 4. The van der Waals surface area contributed by atoms with Gasteiger partial charge < -0.3 is 9.80 Å². The number of hydrogen-bond donors (Lipinski definition) is 1. The number of aromatic nitrogens is 4. The summed E-state index contributed by atoms with van der Waals surface area (Å²) in [7, 11) is 0. The summed E-state index contributed by atoms with van der Waals surface area (Å²) < 4.78 is 17.1. The van der Waals surface area contributed by atoms with Crippen LogP contribution < -0.4 is 9.80 Å². The number of para-hydroxylation sites is 1. The maximum absolute atomic E-state index is 13.1. The molecule has 1 N–H and O–H groups in total. The van der Waals surface area contributed by atoms with Crippen molar-refractivity contribution in [3.63, 3.8) is 0 Å². The molecular weight excluding hydrogens is 351 g/mol. The Morgan fingerprint density at radius 2 is 1.62 bits per heavy atom. The minimum atomic E-state index is -0.200. The lowest BCUT2D eigenvalue weighted by molar-refractivity contribution is -0.924. The zero-order valence-electron chi connectivity index (χ0n) is 14.3. The molecule has 1 aliphatic rings. The van der Waals surface area contributed by atoms with E-state index in [4.69, 9.17) is 12.2 Å². The van der Waals surface area contributed by atoms with E-state index in [1.807, 2.05) is 42.5 Å². The van der Waals surface area contributed by atoms with Crippen LogP contribution in [0.2, 0.25) is 0 Å². The third-order valence-corrected chi connectivity index (χ3v) is 5.06. The largest absolute Gasteiger partial charge is 0.360 e. The van der Waals surface area contributed by atoms with Crippen molar-refractivity contribution in [2.45, 2.75) is 6.67 Å². The maximum atomic E-state index is 13.1. The number of anilines is 1. The highest BCUT2D eigenvalue weighted by Gasteiger charge is 2.21. The van der Waals surface area contributed by atoms with E-state index in [-0.39, 0.29) is 5.82 Å². The van der Waals surface area contributed by atoms with Gasteiger partial charge in [-0.2, -0.15) is 9.36 Å². The second-order valence-corrected chi connectivity index (χ2v) is 6.75. The standard InChI is InChI=1S/C18H19FN6S/c19-15-6-8-16(9-7-15)23-12-10-22(11-13-23)14-24-18(26)25(21-20-24)17-4-2-1-3-5-17/h1-9H,10-14H2/p+1. The fourth-order valence-electron chi connectivity index (χ4n) is 3.21. The quantitative estimate of drug-likeness (QED) is 0.702. The Hall–Kier alpha value is -2.58. The molecule has 6 nitrogen and oxygen atoms in total. The number of nitrogens with one attached hydrogen (secondary N) is 1. The summed E-state index contributed by atoms with van der Waals surface area (Å²) in [6, 6.07) is 16.5. The van der Waals surface area contributed by atoms with E-state index in [1.165, 1.54) is 17.0 Å². The molecule has 1 aliphatic heterocycles. The van der Waals surface area contributed by atoms with E-state index in [0.717, 1.165) is 37.6 Å². The topological polar surface area (TPSA) is 43.3 Å². The number of nitrogens with zero attached hydrogens (tertiary/aromatic N) is 5. The summed E-state index contributed by atoms with van der Waals surface area (Å²) in [6.45, 7) is 4.47. The minimum Gasteiger partial charge on any atom is -0.360 e. The second-order valence-electron chi connectivity index (χ2n) is 6.38. The number of piperazine rings is 1. The zero-order chi connectivity index (χ0) is 17.9. The van der Waals surface area contributed by atoms with Gasteiger partial charge in [-0.25, -0.2) is 4.39 Å². The Morgan fingerprint density at radius 1 is 0.923 bits per heavy atom. The Balaban J connectivity index is 1.40. The van der Waals surface area contributed by atoms with Gasteiger partial charge in [0, 0.05) is 5.69 Å². The molecule has 4 rings (SSSR count). The molecule has 8 heteroatoms. The minimum absolute atomic E-state index is 0.200. The van der Waals surface area contributed by atoms with Gasteiger partial charge in [-0.15, -0.1) is 0 Å². The fraction of sp³-hybridized carbons (Fsp3) is 0.278. The third-order valence-electron chi connectivity index (χ3n) is 4.68. The van der Waals surface area contributed by atoms with E-state index in [2.05, 4.69) is 15.3 Å². The van der Waals surface area contributed by atoms with Crippen LogP contribution in [0.15, 0.2) is 54.6 Å². The summed E-state index contributed by atoms with van der Waals surface area (Å²) >= 11 is 5.53. The lowest BCUT2D eigenvalue weighted by Crippen LogP contribution is -3.14. The monoisotopic (exact) mass is 371 g/mol. The molecule has 0 atom stereocenters. The van der Waals surface area contributed by atoms with Crippen molar-refractivity contribution in [1.29, 1.82) is 0 Å². The van der Waals surface area contributed by atoms with Gasteiger partial charge in [0.05, 0.1) is 31.9 Å². The molecule has 1 fully saturated rings. The van der Waals surface area contributed by atoms with Crippen LogP contribution >= 0.6 is 12.2 Å². The van der Waals surface area contributed by atoms with Gasteiger partial charge in [-0.1, -0.05) is 18.2 Å². The average Bonchev–Trinajstić information content (AvgIpc) is 3.04. The van der Waals surface area contributed by atoms with E-state index in [9.17, 15) is 4.39 Å². The molecule has 0 aliphatic carbocycles. The first kappa shape index (κ1) is 16.9. The lowest BCUT2D eigenvalue weighted by atomic mass is 10.2. The van der Waals surface area contributed by atoms with Crippen LogP contribution in [-0.2, 0) is 6.67 Å². The normalized spacial score (nSPS) is 15.3. The van der Waals surface area contributed by atoms with E-state index >= 15 is 0 Å². The average molecular weight is 371 g/mol. The van der Waals surface area contributed by atoms with E-state index < -0.39 is 0 Å². The van der Waals surface area contributed by atoms with Gasteiger partial charge in [0.2, 0.25) is 4.77 Å². The number of rotatable bonds is 4. The van der Waals surface area contributed by atoms with Gasteiger partial charge in [0.25, 0.3) is 0 Å². The predicted octanol–water partition coefficient (Wildman–Crippen LogP) is 1.30. The van der Waals surface area contributed by atoms with Crippen molar-refractivity contribution in [2.75, 3.05) is 31.1 Å². The van der Waals surface area contributed by atoms with Gasteiger partial charge in [0.15, 0.2) is 6.67 Å². The first-order chi connectivity index (χ1) is 12.7. The molecule has 3 aromatic rings. The molecule has 0 amide bonds. The van der Waals surface area contributed by atoms with Crippen LogP contribution in [-0.4, -0.2) is 46.0 Å². The van der Waals surface area contributed by atoms with E-state index in [0.29, 0.717) is 11.4 Å². The van der Waals surface area contributed by atoms with Crippen LogP contribution in [0.1, 0.15) is 0 Å². The number of halogens is 1. The fourth-order valence-corrected chi connectivity index (χ4v) is 3.45. The molecule has 0 unspecified atom stereocenters. The summed E-state index contributed by atoms with van der Waals surface area (Å²) in [4.78, 5) is 3.68. The highest BCUT2D eigenvalue weighted by molar-refractivity contribution is 7.71. The van der Waals surface area contributed by atoms with Gasteiger partial charge in [-0.3, -0.25) is 0 Å². The SMILES string of the molecule is Fc1ccc(N2CC[NH+](Cn3nnn(-c4ccccc4)c3=S)CC2)cc1. The molecular formula is C18H20FN6S+. The van der Waals surface area contributed by atoms with Gasteiger partial charge >= 0.3 is 0 Å². The Kier molecular flexibility index (Phi) is 4.77. The number of tetrazole rings is 1. The molecule has 0 saturated carbocycles. The molecule has 2 aromatic carbocycles. The predicted molar refractivity (Wildman–Crippen MR) is 99.5 cm³/mol. The van der Waals surface area contributed by atoms with Crippen LogP contribution in [0, 0.1) is 10.6 Å². The molecule has 26 heavy (non-hydrogen) atoms. The first-order valence-corrected chi connectivity index (χ1v) is 9.04. The smallest absolute Gasteiger partial charge is 0.225 e. The lowest BCUT2D eigenvalue weighted by Gasteiger charge is -2.33. The highest BCUT2D eigenvalue weighted by atomic mass is 32.1. The van der Waals surface area contributed by atoms with Gasteiger partial charge in [-0.05, 0) is 59.0 Å². The van der Waals surface area contributed by atoms with Crippen molar-refractivity contribution in [1.82, 2.24) is 19.8 Å². The Bertz CT molecular complexity index is 913. The van der Waals surface area contributed by atoms with Crippen molar-refractivity contribution in [3.05, 3.63) is 65.2 Å². The first-order valence-electron chi connectivity index (χ1n) is 8.63. The van der Waals surface area contributed by atoms with Crippen molar-refractivity contribution >= 4 is 17.9 Å².